The Morgan fingerprint density at radius 2 is 1.66 bits per heavy atom. The molecule has 0 aliphatic carbocycles. The summed E-state index contributed by atoms with van der Waals surface area (Å²) in [5, 5.41) is 4.56. The molecule has 1 amide bonds. The van der Waals surface area contributed by atoms with E-state index in [2.05, 4.69) is 5.32 Å². The lowest BCUT2D eigenvalue weighted by atomic mass is 10.2. The van der Waals surface area contributed by atoms with Crippen molar-refractivity contribution in [2.24, 2.45) is 0 Å². The minimum atomic E-state index is -0.562. The van der Waals surface area contributed by atoms with Gasteiger partial charge in [0, 0.05) is 12.1 Å². The maximum Gasteiger partial charge on any atom is 0.332 e. The molecule has 0 bridgehead atoms. The Kier molecular flexibility index (Phi) is 7.21. The van der Waals surface area contributed by atoms with E-state index in [9.17, 15) is 14.4 Å². The molecule has 0 saturated heterocycles. The lowest BCUT2D eigenvalue weighted by Gasteiger charge is -2.14. The Morgan fingerprint density at radius 1 is 0.914 bits per heavy atom. The highest BCUT2D eigenvalue weighted by molar-refractivity contribution is 7.17. The number of carbonyl (C=O) groups excluding carboxylic acids is 1. The van der Waals surface area contributed by atoms with Gasteiger partial charge in [-0.15, -0.1) is 11.3 Å². The molecule has 1 N–H and O–H groups in total. The number of hydrogen-bond donors (Lipinski definition) is 1. The van der Waals surface area contributed by atoms with Crippen molar-refractivity contribution in [2.75, 3.05) is 21.3 Å². The van der Waals surface area contributed by atoms with Gasteiger partial charge in [0.1, 0.15) is 17.0 Å². The SMILES string of the molecule is COc1ccccc1Cn1c(=O)c2sccc2n(CC(=O)NCc2ccc(OC)c(OC)c2)c1=O. The van der Waals surface area contributed by atoms with Crippen molar-refractivity contribution in [1.29, 1.82) is 0 Å². The van der Waals surface area contributed by atoms with Crippen molar-refractivity contribution in [3.63, 3.8) is 0 Å². The highest BCUT2D eigenvalue weighted by Crippen LogP contribution is 2.27. The molecule has 0 aliphatic heterocycles. The van der Waals surface area contributed by atoms with E-state index in [0.29, 0.717) is 33.0 Å². The molecule has 2 aromatic carbocycles. The number of para-hydroxylation sites is 1. The normalized spacial score (nSPS) is 10.8. The van der Waals surface area contributed by atoms with Crippen LogP contribution in [0.1, 0.15) is 11.1 Å². The van der Waals surface area contributed by atoms with Crippen LogP contribution in [0.3, 0.4) is 0 Å². The van der Waals surface area contributed by atoms with Crippen LogP contribution >= 0.6 is 11.3 Å². The fourth-order valence-corrected chi connectivity index (χ4v) is 4.66. The Hall–Kier alpha value is -4.05. The number of amides is 1. The van der Waals surface area contributed by atoms with Crippen molar-refractivity contribution in [3.05, 3.63) is 85.9 Å². The summed E-state index contributed by atoms with van der Waals surface area (Å²) >= 11 is 1.23. The summed E-state index contributed by atoms with van der Waals surface area (Å²) < 4.78 is 18.8. The van der Waals surface area contributed by atoms with Crippen LogP contribution in [0.25, 0.3) is 10.2 Å². The minimum absolute atomic E-state index is 0.0305. The number of aromatic nitrogens is 2. The number of thiophene rings is 1. The monoisotopic (exact) mass is 495 g/mol. The van der Waals surface area contributed by atoms with Gasteiger partial charge in [0.05, 0.1) is 33.4 Å². The predicted molar refractivity (Wildman–Crippen MR) is 134 cm³/mol. The Morgan fingerprint density at radius 3 is 2.40 bits per heavy atom. The van der Waals surface area contributed by atoms with Gasteiger partial charge < -0.3 is 19.5 Å². The molecule has 35 heavy (non-hydrogen) atoms. The second kappa shape index (κ2) is 10.5. The van der Waals surface area contributed by atoms with Gasteiger partial charge in [-0.05, 0) is 35.2 Å². The van der Waals surface area contributed by atoms with Gasteiger partial charge in [0.2, 0.25) is 5.91 Å². The maximum absolute atomic E-state index is 13.3. The molecule has 4 rings (SSSR count). The molecule has 4 aromatic rings. The smallest absolute Gasteiger partial charge is 0.332 e. The van der Waals surface area contributed by atoms with Gasteiger partial charge in [-0.2, -0.15) is 0 Å². The zero-order chi connectivity index (χ0) is 24.9. The van der Waals surface area contributed by atoms with E-state index in [1.807, 2.05) is 18.2 Å². The topological polar surface area (TPSA) is 101 Å². The molecule has 2 aromatic heterocycles. The van der Waals surface area contributed by atoms with Crippen molar-refractivity contribution < 1.29 is 19.0 Å². The average Bonchev–Trinajstić information content (AvgIpc) is 3.38. The van der Waals surface area contributed by atoms with Crippen LogP contribution in [-0.4, -0.2) is 36.4 Å². The van der Waals surface area contributed by atoms with Crippen LogP contribution in [-0.2, 0) is 24.4 Å². The van der Waals surface area contributed by atoms with Gasteiger partial charge in [-0.1, -0.05) is 24.3 Å². The van der Waals surface area contributed by atoms with Gasteiger partial charge in [0.15, 0.2) is 11.5 Å². The van der Waals surface area contributed by atoms with Crippen molar-refractivity contribution in [3.8, 4) is 17.2 Å². The predicted octanol–water partition coefficient (Wildman–Crippen LogP) is 2.62. The number of hydrogen-bond acceptors (Lipinski definition) is 7. The fourth-order valence-electron chi connectivity index (χ4n) is 3.82. The lowest BCUT2D eigenvalue weighted by molar-refractivity contribution is -0.121. The molecular weight excluding hydrogens is 470 g/mol. The van der Waals surface area contributed by atoms with E-state index in [-0.39, 0.29) is 25.5 Å². The summed E-state index contributed by atoms with van der Waals surface area (Å²) in [5.41, 5.74) is 0.975. The second-order valence-corrected chi connectivity index (χ2v) is 8.59. The molecule has 10 heteroatoms. The first-order valence-electron chi connectivity index (χ1n) is 10.8. The van der Waals surface area contributed by atoms with Crippen LogP contribution in [0.5, 0.6) is 17.2 Å². The average molecular weight is 496 g/mol. The van der Waals surface area contributed by atoms with Crippen molar-refractivity contribution in [1.82, 2.24) is 14.5 Å². The quantitative estimate of drug-likeness (QED) is 0.383. The van der Waals surface area contributed by atoms with E-state index in [1.54, 1.807) is 49.9 Å². The van der Waals surface area contributed by atoms with Crippen LogP contribution in [0.15, 0.2) is 63.5 Å². The first-order chi connectivity index (χ1) is 17.0. The molecule has 0 aliphatic rings. The van der Waals surface area contributed by atoms with Crippen LogP contribution in [0, 0.1) is 0 Å². The van der Waals surface area contributed by atoms with Gasteiger partial charge in [-0.25, -0.2) is 4.79 Å². The van der Waals surface area contributed by atoms with Crippen molar-refractivity contribution in [2.45, 2.75) is 19.6 Å². The van der Waals surface area contributed by atoms with E-state index in [4.69, 9.17) is 14.2 Å². The van der Waals surface area contributed by atoms with Crippen molar-refractivity contribution >= 4 is 27.5 Å². The Balaban J connectivity index is 1.61. The lowest BCUT2D eigenvalue weighted by Crippen LogP contribution is -2.42. The molecule has 182 valence electrons. The highest BCUT2D eigenvalue weighted by Gasteiger charge is 2.18. The standard InChI is InChI=1S/C25H25N3O6S/c1-32-19-7-5-4-6-17(19)14-28-24(30)23-18(10-11-35-23)27(25(28)31)15-22(29)26-13-16-8-9-20(33-2)21(12-16)34-3/h4-12H,13-15H2,1-3H3,(H,26,29). The van der Waals surface area contributed by atoms with Crippen LogP contribution in [0.2, 0.25) is 0 Å². The Labute approximate surface area is 205 Å². The molecule has 0 saturated carbocycles. The number of nitrogens with zero attached hydrogens (tertiary/aromatic N) is 2. The maximum atomic E-state index is 13.3. The minimum Gasteiger partial charge on any atom is -0.496 e. The van der Waals surface area contributed by atoms with Crippen LogP contribution in [0.4, 0.5) is 0 Å². The molecule has 0 atom stereocenters. The van der Waals surface area contributed by atoms with Gasteiger partial charge in [0.25, 0.3) is 5.56 Å². The van der Waals surface area contributed by atoms with E-state index in [0.717, 1.165) is 10.1 Å². The summed E-state index contributed by atoms with van der Waals surface area (Å²) in [5.74, 6) is 1.35. The summed E-state index contributed by atoms with van der Waals surface area (Å²) in [4.78, 5) is 39.2. The number of nitrogens with one attached hydrogen (secondary N) is 1. The molecular formula is C25H25N3O6S. The van der Waals surface area contributed by atoms with E-state index in [1.165, 1.54) is 23.0 Å². The largest absolute Gasteiger partial charge is 0.496 e. The number of rotatable bonds is 9. The number of fused-ring (bicyclic) bond motifs is 1. The van der Waals surface area contributed by atoms with Gasteiger partial charge in [-0.3, -0.25) is 18.7 Å². The molecule has 2 heterocycles. The summed E-state index contributed by atoms with van der Waals surface area (Å²) in [6, 6.07) is 14.2. The van der Waals surface area contributed by atoms with Crippen LogP contribution < -0.4 is 30.8 Å². The number of carbonyl (C=O) groups is 1. The first-order valence-corrected chi connectivity index (χ1v) is 11.6. The number of methoxy groups -OCH3 is 3. The van der Waals surface area contributed by atoms with Gasteiger partial charge >= 0.3 is 5.69 Å². The molecule has 0 fully saturated rings. The molecule has 0 radical (unpaired) electrons. The number of benzene rings is 2. The second-order valence-electron chi connectivity index (χ2n) is 7.67. The molecule has 9 nitrogen and oxygen atoms in total. The first kappa shape index (κ1) is 24.1. The Bertz CT molecular complexity index is 1490. The number of ether oxygens (including phenoxy) is 3. The van der Waals surface area contributed by atoms with E-state index < -0.39 is 11.2 Å². The molecule has 0 unspecified atom stereocenters. The fraction of sp³-hybridized carbons (Fsp3) is 0.240. The third kappa shape index (κ3) is 4.92. The zero-order valence-electron chi connectivity index (χ0n) is 19.6. The summed E-state index contributed by atoms with van der Waals surface area (Å²) in [6.07, 6.45) is 0. The zero-order valence-corrected chi connectivity index (χ0v) is 20.4. The third-order valence-corrected chi connectivity index (χ3v) is 6.49. The highest BCUT2D eigenvalue weighted by atomic mass is 32.1. The third-order valence-electron chi connectivity index (χ3n) is 5.60. The summed E-state index contributed by atoms with van der Waals surface area (Å²) in [7, 11) is 4.62. The molecule has 0 spiro atoms. The summed E-state index contributed by atoms with van der Waals surface area (Å²) in [6.45, 7) is 0.0376. The van der Waals surface area contributed by atoms with E-state index >= 15 is 0 Å².